The van der Waals surface area contributed by atoms with E-state index in [1.807, 2.05) is 12.1 Å². The number of aromatic nitrogens is 1. The number of primary amides is 1. The minimum absolute atomic E-state index is 0.135. The molecule has 3 aromatic rings. The number of hydrogen-bond acceptors (Lipinski definition) is 4. The summed E-state index contributed by atoms with van der Waals surface area (Å²) in [5.41, 5.74) is 5.38. The van der Waals surface area contributed by atoms with Crippen LogP contribution in [0.3, 0.4) is 0 Å². The maximum Gasteiger partial charge on any atom is 0.251 e. The predicted molar refractivity (Wildman–Crippen MR) is 99.8 cm³/mol. The molecule has 138 valence electrons. The standard InChI is InChI=1S/C18H12ClF2N3O2S/c19-12-4-2-1-3-10(12)18-23-9(8-27-18)5-16(25)24-15-6-11(17(22)26)13(20)7-14(15)21/h1-4,6-8H,5H2,(H2,22,26)(H,24,25). The highest BCUT2D eigenvalue weighted by Crippen LogP contribution is 2.30. The van der Waals surface area contributed by atoms with E-state index < -0.39 is 29.0 Å². The quantitative estimate of drug-likeness (QED) is 0.669. The third-order valence-corrected chi connectivity index (χ3v) is 4.85. The third kappa shape index (κ3) is 4.29. The second kappa shape index (κ2) is 7.81. The molecule has 0 aliphatic heterocycles. The number of amides is 2. The summed E-state index contributed by atoms with van der Waals surface area (Å²) < 4.78 is 27.3. The first-order chi connectivity index (χ1) is 12.8. The topological polar surface area (TPSA) is 85.1 Å². The van der Waals surface area contributed by atoms with E-state index in [9.17, 15) is 18.4 Å². The summed E-state index contributed by atoms with van der Waals surface area (Å²) in [4.78, 5) is 27.7. The van der Waals surface area contributed by atoms with Crippen molar-refractivity contribution in [1.82, 2.24) is 4.98 Å². The Balaban J connectivity index is 1.75. The summed E-state index contributed by atoms with van der Waals surface area (Å²) in [6.45, 7) is 0. The van der Waals surface area contributed by atoms with Gasteiger partial charge in [-0.2, -0.15) is 0 Å². The molecule has 2 aromatic carbocycles. The van der Waals surface area contributed by atoms with E-state index in [4.69, 9.17) is 17.3 Å². The molecule has 0 radical (unpaired) electrons. The van der Waals surface area contributed by atoms with Gasteiger partial charge in [-0.3, -0.25) is 9.59 Å². The van der Waals surface area contributed by atoms with Gasteiger partial charge < -0.3 is 11.1 Å². The Labute approximate surface area is 161 Å². The van der Waals surface area contributed by atoms with E-state index in [-0.39, 0.29) is 12.1 Å². The Morgan fingerprint density at radius 2 is 1.93 bits per heavy atom. The summed E-state index contributed by atoms with van der Waals surface area (Å²) in [7, 11) is 0. The highest BCUT2D eigenvalue weighted by atomic mass is 35.5. The summed E-state index contributed by atoms with van der Waals surface area (Å²) in [5.74, 6) is -3.75. The van der Waals surface area contributed by atoms with E-state index in [1.54, 1.807) is 17.5 Å². The fourth-order valence-electron chi connectivity index (χ4n) is 2.34. The lowest BCUT2D eigenvalue weighted by Gasteiger charge is -2.08. The maximum absolute atomic E-state index is 13.8. The van der Waals surface area contributed by atoms with Crippen molar-refractivity contribution in [3.8, 4) is 10.6 Å². The van der Waals surface area contributed by atoms with E-state index in [2.05, 4.69) is 10.3 Å². The van der Waals surface area contributed by atoms with Crippen molar-refractivity contribution < 1.29 is 18.4 Å². The molecular formula is C18H12ClF2N3O2S. The average molecular weight is 408 g/mol. The molecule has 9 heteroatoms. The summed E-state index contributed by atoms with van der Waals surface area (Å²) >= 11 is 7.45. The first kappa shape index (κ1) is 18.9. The van der Waals surface area contributed by atoms with Gasteiger partial charge >= 0.3 is 0 Å². The van der Waals surface area contributed by atoms with Gasteiger partial charge in [0.05, 0.1) is 28.4 Å². The van der Waals surface area contributed by atoms with E-state index >= 15 is 0 Å². The molecule has 0 fully saturated rings. The Bertz CT molecular complexity index is 1040. The summed E-state index contributed by atoms with van der Waals surface area (Å²) in [6.07, 6.45) is -0.135. The Kier molecular flexibility index (Phi) is 5.48. The molecule has 3 rings (SSSR count). The zero-order valence-electron chi connectivity index (χ0n) is 13.6. The Hall–Kier alpha value is -2.84. The van der Waals surface area contributed by atoms with Crippen LogP contribution in [0.4, 0.5) is 14.5 Å². The fourth-order valence-corrected chi connectivity index (χ4v) is 3.48. The van der Waals surface area contributed by atoms with Crippen molar-refractivity contribution in [1.29, 1.82) is 0 Å². The van der Waals surface area contributed by atoms with Gasteiger partial charge in [0.25, 0.3) is 5.91 Å². The maximum atomic E-state index is 13.8. The zero-order chi connectivity index (χ0) is 19.6. The third-order valence-electron chi connectivity index (χ3n) is 3.59. The molecule has 0 aliphatic carbocycles. The molecule has 5 nitrogen and oxygen atoms in total. The number of anilines is 1. The van der Waals surface area contributed by atoms with Crippen LogP contribution in [-0.2, 0) is 11.2 Å². The van der Waals surface area contributed by atoms with Crippen LogP contribution >= 0.6 is 22.9 Å². The molecule has 0 aliphatic rings. The van der Waals surface area contributed by atoms with Gasteiger partial charge in [0.15, 0.2) is 0 Å². The lowest BCUT2D eigenvalue weighted by Crippen LogP contribution is -2.18. The molecule has 27 heavy (non-hydrogen) atoms. The van der Waals surface area contributed by atoms with Crippen molar-refractivity contribution in [3.05, 3.63) is 69.7 Å². The minimum Gasteiger partial charge on any atom is -0.366 e. The largest absolute Gasteiger partial charge is 0.366 e. The highest BCUT2D eigenvalue weighted by Gasteiger charge is 2.17. The summed E-state index contributed by atoms with van der Waals surface area (Å²) in [6, 6.07) is 8.52. The summed E-state index contributed by atoms with van der Waals surface area (Å²) in [5, 5.41) is 5.16. The number of carbonyl (C=O) groups excluding carboxylic acids is 2. The van der Waals surface area contributed by atoms with Crippen LogP contribution in [0.15, 0.2) is 41.8 Å². The second-order valence-corrected chi connectivity index (χ2v) is 6.79. The minimum atomic E-state index is -1.10. The second-order valence-electron chi connectivity index (χ2n) is 5.52. The van der Waals surface area contributed by atoms with Gasteiger partial charge in [0, 0.05) is 17.0 Å². The number of carbonyl (C=O) groups is 2. The van der Waals surface area contributed by atoms with Gasteiger partial charge in [0.1, 0.15) is 16.6 Å². The van der Waals surface area contributed by atoms with Crippen LogP contribution in [0.25, 0.3) is 10.6 Å². The van der Waals surface area contributed by atoms with E-state index in [0.717, 1.165) is 11.6 Å². The highest BCUT2D eigenvalue weighted by molar-refractivity contribution is 7.13. The van der Waals surface area contributed by atoms with E-state index in [0.29, 0.717) is 21.8 Å². The molecule has 2 amide bonds. The number of hydrogen-bond donors (Lipinski definition) is 2. The first-order valence-electron chi connectivity index (χ1n) is 7.63. The van der Waals surface area contributed by atoms with Crippen LogP contribution in [0.5, 0.6) is 0 Å². The van der Waals surface area contributed by atoms with Crippen molar-refractivity contribution in [2.24, 2.45) is 5.73 Å². The Morgan fingerprint density at radius 1 is 1.19 bits per heavy atom. The molecule has 1 heterocycles. The van der Waals surface area contributed by atoms with Crippen LogP contribution in [0.2, 0.25) is 5.02 Å². The van der Waals surface area contributed by atoms with Crippen LogP contribution < -0.4 is 11.1 Å². The van der Waals surface area contributed by atoms with Crippen molar-refractivity contribution in [2.45, 2.75) is 6.42 Å². The number of rotatable bonds is 5. The molecule has 0 unspecified atom stereocenters. The smallest absolute Gasteiger partial charge is 0.251 e. The predicted octanol–water partition coefficient (Wildman–Crippen LogP) is 4.02. The molecule has 0 saturated heterocycles. The first-order valence-corrected chi connectivity index (χ1v) is 8.89. The van der Waals surface area contributed by atoms with Gasteiger partial charge in [-0.1, -0.05) is 29.8 Å². The number of halogens is 3. The average Bonchev–Trinajstić information content (AvgIpc) is 3.05. The lowest BCUT2D eigenvalue weighted by atomic mass is 10.1. The van der Waals surface area contributed by atoms with Gasteiger partial charge in [-0.05, 0) is 12.1 Å². The number of benzene rings is 2. The van der Waals surface area contributed by atoms with Gasteiger partial charge in [0.2, 0.25) is 5.91 Å². The van der Waals surface area contributed by atoms with Crippen LogP contribution in [-0.4, -0.2) is 16.8 Å². The number of nitrogens with one attached hydrogen (secondary N) is 1. The molecule has 0 spiro atoms. The molecule has 0 bridgehead atoms. The van der Waals surface area contributed by atoms with Gasteiger partial charge in [-0.25, -0.2) is 13.8 Å². The molecule has 1 aromatic heterocycles. The zero-order valence-corrected chi connectivity index (χ0v) is 15.2. The van der Waals surface area contributed by atoms with Gasteiger partial charge in [-0.15, -0.1) is 11.3 Å². The van der Waals surface area contributed by atoms with Crippen LogP contribution in [0.1, 0.15) is 16.1 Å². The number of thiazole rings is 1. The fraction of sp³-hybridized carbons (Fsp3) is 0.0556. The number of nitrogens with zero attached hydrogens (tertiary/aromatic N) is 1. The van der Waals surface area contributed by atoms with Crippen molar-refractivity contribution in [3.63, 3.8) is 0 Å². The monoisotopic (exact) mass is 407 g/mol. The van der Waals surface area contributed by atoms with Crippen LogP contribution in [0, 0.1) is 11.6 Å². The molecular weight excluding hydrogens is 396 g/mol. The Morgan fingerprint density at radius 3 is 2.63 bits per heavy atom. The van der Waals surface area contributed by atoms with Crippen molar-refractivity contribution >= 4 is 40.4 Å². The molecule has 0 atom stereocenters. The number of nitrogens with two attached hydrogens (primary N) is 1. The molecule has 3 N–H and O–H groups in total. The van der Waals surface area contributed by atoms with Crippen molar-refractivity contribution in [2.75, 3.05) is 5.32 Å². The molecule has 0 saturated carbocycles. The lowest BCUT2D eigenvalue weighted by molar-refractivity contribution is -0.115. The SMILES string of the molecule is NC(=O)c1cc(NC(=O)Cc2csc(-c3ccccc3Cl)n2)c(F)cc1F. The van der Waals surface area contributed by atoms with E-state index in [1.165, 1.54) is 11.3 Å². The normalized spacial score (nSPS) is 10.6.